The van der Waals surface area contributed by atoms with Crippen molar-refractivity contribution in [1.82, 2.24) is 9.88 Å². The van der Waals surface area contributed by atoms with Gasteiger partial charge in [-0.05, 0) is 37.2 Å². The molecule has 0 aliphatic carbocycles. The van der Waals surface area contributed by atoms with Gasteiger partial charge in [0.1, 0.15) is 5.82 Å². The molecule has 21 heavy (non-hydrogen) atoms. The van der Waals surface area contributed by atoms with Crippen LogP contribution in [-0.2, 0) is 6.42 Å². The molecular formula is C17H24N4. The highest BCUT2D eigenvalue weighted by atomic mass is 15.3. The van der Waals surface area contributed by atoms with Gasteiger partial charge in [0.2, 0.25) is 0 Å². The van der Waals surface area contributed by atoms with Gasteiger partial charge in [0.15, 0.2) is 0 Å². The van der Waals surface area contributed by atoms with Crippen LogP contribution in [0.3, 0.4) is 0 Å². The number of pyridine rings is 1. The van der Waals surface area contributed by atoms with Gasteiger partial charge < -0.3 is 15.5 Å². The van der Waals surface area contributed by atoms with E-state index in [4.69, 9.17) is 10.7 Å². The third-order valence-corrected chi connectivity index (χ3v) is 4.31. The summed E-state index contributed by atoms with van der Waals surface area (Å²) in [6.07, 6.45) is 0.890. The molecule has 0 unspecified atom stereocenters. The van der Waals surface area contributed by atoms with Gasteiger partial charge in [-0.3, -0.25) is 0 Å². The number of piperazine rings is 1. The van der Waals surface area contributed by atoms with Gasteiger partial charge in [-0.25, -0.2) is 4.98 Å². The van der Waals surface area contributed by atoms with Crippen molar-refractivity contribution in [3.63, 3.8) is 0 Å². The summed E-state index contributed by atoms with van der Waals surface area (Å²) in [4.78, 5) is 9.83. The second-order valence-corrected chi connectivity index (χ2v) is 5.62. The van der Waals surface area contributed by atoms with E-state index in [9.17, 15) is 0 Å². The van der Waals surface area contributed by atoms with Crippen LogP contribution in [0.25, 0.3) is 10.9 Å². The van der Waals surface area contributed by atoms with Crippen molar-refractivity contribution in [1.29, 1.82) is 0 Å². The van der Waals surface area contributed by atoms with Gasteiger partial charge in [-0.1, -0.05) is 25.1 Å². The number of rotatable bonds is 4. The molecule has 2 N–H and O–H groups in total. The Morgan fingerprint density at radius 3 is 2.62 bits per heavy atom. The Bertz CT molecular complexity index is 603. The van der Waals surface area contributed by atoms with Crippen LogP contribution < -0.4 is 10.6 Å². The maximum atomic E-state index is 5.79. The molecule has 0 amide bonds. The number of benzene rings is 1. The van der Waals surface area contributed by atoms with E-state index < -0.39 is 0 Å². The topological polar surface area (TPSA) is 45.4 Å². The lowest BCUT2D eigenvalue weighted by molar-refractivity contribution is 0.270. The maximum absolute atomic E-state index is 5.79. The molecule has 0 bridgehead atoms. The largest absolute Gasteiger partial charge is 0.354 e. The number of aromatic nitrogens is 1. The summed E-state index contributed by atoms with van der Waals surface area (Å²) in [6, 6.07) is 10.6. The molecule has 3 rings (SSSR count). The van der Waals surface area contributed by atoms with Crippen LogP contribution in [-0.4, -0.2) is 49.2 Å². The van der Waals surface area contributed by atoms with E-state index in [1.54, 1.807) is 0 Å². The Morgan fingerprint density at radius 2 is 1.90 bits per heavy atom. The molecule has 1 saturated heterocycles. The van der Waals surface area contributed by atoms with Crippen LogP contribution in [0.5, 0.6) is 0 Å². The summed E-state index contributed by atoms with van der Waals surface area (Å²) in [5.74, 6) is 1.13. The standard InChI is InChI=1S/C17H24N4/c1-2-20-9-11-21(12-10-20)17-15(7-8-18)13-14-5-3-4-6-16(14)19-17/h3-6,13H,2,7-12,18H2,1H3. The lowest BCUT2D eigenvalue weighted by Crippen LogP contribution is -2.46. The number of hydrogen-bond acceptors (Lipinski definition) is 4. The highest BCUT2D eigenvalue weighted by Crippen LogP contribution is 2.25. The predicted octanol–water partition coefficient (Wildman–Crippen LogP) is 1.88. The SMILES string of the molecule is CCN1CCN(c2nc3ccccc3cc2CCN)CC1. The Kier molecular flexibility index (Phi) is 4.36. The smallest absolute Gasteiger partial charge is 0.132 e. The van der Waals surface area contributed by atoms with Crippen molar-refractivity contribution in [2.75, 3.05) is 44.2 Å². The molecular weight excluding hydrogens is 260 g/mol. The first kappa shape index (κ1) is 14.3. The summed E-state index contributed by atoms with van der Waals surface area (Å²) in [5.41, 5.74) is 8.15. The summed E-state index contributed by atoms with van der Waals surface area (Å²) >= 11 is 0. The van der Waals surface area contributed by atoms with E-state index in [1.165, 1.54) is 10.9 Å². The van der Waals surface area contributed by atoms with Crippen LogP contribution >= 0.6 is 0 Å². The third-order valence-electron chi connectivity index (χ3n) is 4.31. The minimum absolute atomic E-state index is 0.669. The number of nitrogens with zero attached hydrogens (tertiary/aromatic N) is 3. The summed E-state index contributed by atoms with van der Waals surface area (Å²) in [6.45, 7) is 8.37. The van der Waals surface area contributed by atoms with Crippen LogP contribution in [0.4, 0.5) is 5.82 Å². The first-order valence-corrected chi connectivity index (χ1v) is 7.88. The number of hydrogen-bond donors (Lipinski definition) is 1. The van der Waals surface area contributed by atoms with Crippen LogP contribution in [0.1, 0.15) is 12.5 Å². The third kappa shape index (κ3) is 3.01. The van der Waals surface area contributed by atoms with E-state index in [1.807, 2.05) is 0 Å². The number of anilines is 1. The average Bonchev–Trinajstić information content (AvgIpc) is 2.55. The van der Waals surface area contributed by atoms with E-state index in [0.717, 1.165) is 50.5 Å². The fourth-order valence-corrected chi connectivity index (χ4v) is 3.04. The number of likely N-dealkylation sites (N-methyl/N-ethyl adjacent to an activating group) is 1. The van der Waals surface area contributed by atoms with Crippen molar-refractivity contribution in [2.45, 2.75) is 13.3 Å². The Morgan fingerprint density at radius 1 is 1.14 bits per heavy atom. The van der Waals surface area contributed by atoms with Crippen molar-refractivity contribution in [2.24, 2.45) is 5.73 Å². The monoisotopic (exact) mass is 284 g/mol. The molecule has 1 aromatic carbocycles. The molecule has 2 aromatic rings. The van der Waals surface area contributed by atoms with E-state index >= 15 is 0 Å². The second kappa shape index (κ2) is 6.41. The molecule has 1 aliphatic heterocycles. The zero-order valence-corrected chi connectivity index (χ0v) is 12.8. The number of para-hydroxylation sites is 1. The van der Waals surface area contributed by atoms with E-state index in [2.05, 4.69) is 47.1 Å². The van der Waals surface area contributed by atoms with Gasteiger partial charge in [0.05, 0.1) is 5.52 Å². The molecule has 4 heteroatoms. The van der Waals surface area contributed by atoms with E-state index in [0.29, 0.717) is 6.54 Å². The zero-order chi connectivity index (χ0) is 14.7. The molecule has 0 spiro atoms. The molecule has 0 radical (unpaired) electrons. The molecule has 0 atom stereocenters. The molecule has 1 fully saturated rings. The van der Waals surface area contributed by atoms with Gasteiger partial charge in [0.25, 0.3) is 0 Å². The van der Waals surface area contributed by atoms with E-state index in [-0.39, 0.29) is 0 Å². The van der Waals surface area contributed by atoms with Crippen molar-refractivity contribution < 1.29 is 0 Å². The summed E-state index contributed by atoms with van der Waals surface area (Å²) < 4.78 is 0. The van der Waals surface area contributed by atoms with Gasteiger partial charge in [0, 0.05) is 31.6 Å². The lowest BCUT2D eigenvalue weighted by Gasteiger charge is -2.35. The summed E-state index contributed by atoms with van der Waals surface area (Å²) in [7, 11) is 0. The summed E-state index contributed by atoms with van der Waals surface area (Å²) in [5, 5.41) is 1.21. The molecule has 4 nitrogen and oxygen atoms in total. The molecule has 1 aromatic heterocycles. The van der Waals surface area contributed by atoms with Crippen molar-refractivity contribution in [3.05, 3.63) is 35.9 Å². The Balaban J connectivity index is 1.94. The Labute approximate surface area is 126 Å². The van der Waals surface area contributed by atoms with Gasteiger partial charge >= 0.3 is 0 Å². The van der Waals surface area contributed by atoms with Crippen molar-refractivity contribution >= 4 is 16.7 Å². The normalized spacial score (nSPS) is 16.6. The highest BCUT2D eigenvalue weighted by molar-refractivity contribution is 5.81. The maximum Gasteiger partial charge on any atom is 0.132 e. The fourth-order valence-electron chi connectivity index (χ4n) is 3.04. The van der Waals surface area contributed by atoms with Crippen molar-refractivity contribution in [3.8, 4) is 0 Å². The quantitative estimate of drug-likeness (QED) is 0.931. The van der Waals surface area contributed by atoms with Gasteiger partial charge in [-0.15, -0.1) is 0 Å². The highest BCUT2D eigenvalue weighted by Gasteiger charge is 2.19. The first-order valence-electron chi connectivity index (χ1n) is 7.88. The molecule has 0 saturated carbocycles. The first-order chi connectivity index (χ1) is 10.3. The number of fused-ring (bicyclic) bond motifs is 1. The minimum Gasteiger partial charge on any atom is -0.354 e. The molecule has 112 valence electrons. The zero-order valence-electron chi connectivity index (χ0n) is 12.8. The molecule has 1 aliphatic rings. The fraction of sp³-hybridized carbons (Fsp3) is 0.471. The minimum atomic E-state index is 0.669. The van der Waals surface area contributed by atoms with Crippen LogP contribution in [0.15, 0.2) is 30.3 Å². The Hall–Kier alpha value is -1.65. The number of nitrogens with two attached hydrogens (primary N) is 1. The predicted molar refractivity (Wildman–Crippen MR) is 88.8 cm³/mol. The second-order valence-electron chi connectivity index (χ2n) is 5.62. The molecule has 2 heterocycles. The van der Waals surface area contributed by atoms with Gasteiger partial charge in [-0.2, -0.15) is 0 Å². The van der Waals surface area contributed by atoms with Crippen LogP contribution in [0.2, 0.25) is 0 Å². The average molecular weight is 284 g/mol. The van der Waals surface area contributed by atoms with Crippen LogP contribution in [0, 0.1) is 0 Å². The lowest BCUT2D eigenvalue weighted by atomic mass is 10.1.